The Labute approximate surface area is 321 Å². The number of rotatable bonds is 9. The van der Waals surface area contributed by atoms with Crippen LogP contribution in [0.25, 0.3) is 0 Å². The van der Waals surface area contributed by atoms with Gasteiger partial charge in [-0.05, 0) is 0 Å². The first-order valence-electron chi connectivity index (χ1n) is 21.6. The molecule has 1 aromatic carbocycles. The van der Waals surface area contributed by atoms with Gasteiger partial charge in [0, 0.05) is 19.5 Å². The van der Waals surface area contributed by atoms with Gasteiger partial charge in [-0.3, -0.25) is 0 Å². The first-order valence-corrected chi connectivity index (χ1v) is 26.8. The summed E-state index contributed by atoms with van der Waals surface area (Å²) in [5.41, 5.74) is 7.04. The molecule has 0 saturated heterocycles. The van der Waals surface area contributed by atoms with Crippen molar-refractivity contribution in [1.82, 2.24) is 0 Å². The molecule has 276 valence electrons. The number of benzene rings is 1. The maximum Gasteiger partial charge on any atom is 0 e. The fourth-order valence-electron chi connectivity index (χ4n) is 14.8. The zero-order valence-corrected chi connectivity index (χ0v) is 35.8. The van der Waals surface area contributed by atoms with Crippen LogP contribution in [0.5, 0.6) is 0 Å². The van der Waals surface area contributed by atoms with Gasteiger partial charge in [-0.2, -0.15) is 0 Å². The van der Waals surface area contributed by atoms with Crippen LogP contribution in [0, 0.1) is 0 Å². The van der Waals surface area contributed by atoms with Crippen molar-refractivity contribution in [2.45, 2.75) is 231 Å². The van der Waals surface area contributed by atoms with Gasteiger partial charge < -0.3 is 0 Å². The van der Waals surface area contributed by atoms with Crippen LogP contribution in [0.2, 0.25) is 5.02 Å². The Morgan fingerprint density at radius 2 is 0.625 bits per heavy atom. The Balaban J connectivity index is 0.00000401. The summed E-state index contributed by atoms with van der Waals surface area (Å²) in [4.78, 5) is 0. The van der Waals surface area contributed by atoms with Crippen LogP contribution in [-0.2, 0) is 23.8 Å². The summed E-state index contributed by atoms with van der Waals surface area (Å²) in [6.45, 7) is 0. The molecule has 6 aliphatic rings. The molecule has 48 heavy (non-hydrogen) atoms. The molecule has 5 heteroatoms. The normalized spacial score (nSPS) is 28.0. The average Bonchev–Trinajstić information content (AvgIpc) is 3.15. The van der Waals surface area contributed by atoms with Gasteiger partial charge in [0.15, 0.2) is 0 Å². The second kappa shape index (κ2) is 18.1. The molecule has 0 heterocycles. The Hall–Kier alpha value is 1.28. The maximum atomic E-state index is 9.85. The molecule has 0 N–H and O–H groups in total. The Morgan fingerprint density at radius 3 is 0.854 bits per heavy atom. The standard InChI is InChI=1S/C43H72Cl2P2.Ru/c44-42-34-20-19-33-41(42)43(45,46(35-21-7-1-8-22-35,36-23-9-2-10-24-36)37-25-11-3-12-26-37)47(38-27-13-4-14-28-38,39-29-15-5-16-30-39)40-31-17-6-18-32-40;/h19-20,33-40,46-47H,1-18,21-32H2;. The van der Waals surface area contributed by atoms with E-state index in [2.05, 4.69) is 24.3 Å². The minimum absolute atomic E-state index is 0. The molecule has 0 atom stereocenters. The number of hydrogen-bond acceptors (Lipinski definition) is 0. The SMILES string of the molecule is Clc1ccccc1C(Cl)([PH](C1CCCCC1)(C1CCCCC1)C1CCCCC1)[PH](C1CCCCC1)(C1CCCCC1)C1CCCCC1.[Ru]. The smallest absolute Gasteiger partial charge is 0 e. The summed E-state index contributed by atoms with van der Waals surface area (Å²) in [7, 11) is -4.53. The van der Waals surface area contributed by atoms with Crippen molar-refractivity contribution in [3.8, 4) is 0 Å². The monoisotopic (exact) mass is 822 g/mol. The summed E-state index contributed by atoms with van der Waals surface area (Å²) >= 11 is 17.7. The number of hydrogen-bond donors (Lipinski definition) is 0. The molecule has 6 saturated carbocycles. The molecular formula is C43H72Cl2P2Ru. The van der Waals surface area contributed by atoms with Crippen LogP contribution >= 0.6 is 37.7 Å². The van der Waals surface area contributed by atoms with Gasteiger partial charge >= 0.3 is 304 Å². The summed E-state index contributed by atoms with van der Waals surface area (Å²) in [5.74, 6) is 0. The van der Waals surface area contributed by atoms with Crippen molar-refractivity contribution in [3.63, 3.8) is 0 Å². The van der Waals surface area contributed by atoms with Crippen molar-refractivity contribution < 1.29 is 19.5 Å². The zero-order valence-electron chi connectivity index (χ0n) is 30.6. The van der Waals surface area contributed by atoms with Gasteiger partial charge in [0.1, 0.15) is 0 Å². The number of alkyl halides is 1. The van der Waals surface area contributed by atoms with Crippen LogP contribution < -0.4 is 0 Å². The summed E-state index contributed by atoms with van der Waals surface area (Å²) in [6.07, 6.45) is 44.5. The molecule has 0 amide bonds. The van der Waals surface area contributed by atoms with Crippen molar-refractivity contribution in [1.29, 1.82) is 0 Å². The van der Waals surface area contributed by atoms with E-state index in [1.54, 1.807) is 5.56 Å². The van der Waals surface area contributed by atoms with Crippen LogP contribution in [0.15, 0.2) is 24.3 Å². The molecule has 7 rings (SSSR count). The molecule has 0 radical (unpaired) electrons. The summed E-state index contributed by atoms with van der Waals surface area (Å²) in [5, 5.41) is 1.08. The van der Waals surface area contributed by atoms with E-state index < -0.39 is 14.5 Å². The van der Waals surface area contributed by atoms with Gasteiger partial charge in [0.25, 0.3) is 0 Å². The van der Waals surface area contributed by atoms with Crippen molar-refractivity contribution in [2.24, 2.45) is 0 Å². The fraction of sp³-hybridized carbons (Fsp3) is 0.860. The van der Waals surface area contributed by atoms with Gasteiger partial charge in [0.2, 0.25) is 0 Å². The molecule has 6 fully saturated rings. The second-order valence-corrected chi connectivity index (χ2v) is 30.3. The molecule has 1 aromatic rings. The minimum atomic E-state index is -2.26. The topological polar surface area (TPSA) is 0 Å². The van der Waals surface area contributed by atoms with Crippen LogP contribution in [0.3, 0.4) is 0 Å². The third kappa shape index (κ3) is 7.00. The van der Waals surface area contributed by atoms with Crippen molar-refractivity contribution in [3.05, 3.63) is 34.9 Å². The van der Waals surface area contributed by atoms with E-state index in [0.29, 0.717) is 0 Å². The van der Waals surface area contributed by atoms with E-state index in [1.165, 1.54) is 193 Å². The van der Waals surface area contributed by atoms with Crippen molar-refractivity contribution >= 4 is 37.7 Å². The summed E-state index contributed by atoms with van der Waals surface area (Å²) < 4.78 is -0.129. The van der Waals surface area contributed by atoms with Gasteiger partial charge in [-0.1, -0.05) is 0 Å². The molecule has 6 aliphatic carbocycles. The molecular weight excluding hydrogens is 750 g/mol. The van der Waals surface area contributed by atoms with E-state index in [4.69, 9.17) is 11.6 Å². The molecule has 0 nitrogen and oxygen atoms in total. The van der Waals surface area contributed by atoms with Crippen LogP contribution in [0.4, 0.5) is 0 Å². The van der Waals surface area contributed by atoms with Gasteiger partial charge in [0.05, 0.1) is 0 Å². The third-order valence-corrected chi connectivity index (χ3v) is 35.7. The molecule has 0 unspecified atom stereocenters. The fourth-order valence-corrected chi connectivity index (χ4v) is 41.8. The molecule has 0 spiro atoms. The van der Waals surface area contributed by atoms with Crippen molar-refractivity contribution in [2.75, 3.05) is 0 Å². The van der Waals surface area contributed by atoms with E-state index in [0.717, 1.165) is 39.0 Å². The second-order valence-electron chi connectivity index (χ2n) is 18.0. The molecule has 0 aliphatic heterocycles. The Morgan fingerprint density at radius 1 is 0.396 bits per heavy atom. The predicted molar refractivity (Wildman–Crippen MR) is 217 cm³/mol. The minimum Gasteiger partial charge on any atom is 0 e. The van der Waals surface area contributed by atoms with E-state index in [9.17, 15) is 11.6 Å². The van der Waals surface area contributed by atoms with E-state index in [1.807, 2.05) is 0 Å². The summed E-state index contributed by atoms with van der Waals surface area (Å²) in [6, 6.07) is 9.57. The van der Waals surface area contributed by atoms with E-state index >= 15 is 0 Å². The molecule has 0 bridgehead atoms. The molecule has 0 aromatic heterocycles. The largest absolute Gasteiger partial charge is 0 e. The van der Waals surface area contributed by atoms with Crippen LogP contribution in [-0.4, -0.2) is 34.0 Å². The Kier molecular flexibility index (Phi) is 14.7. The van der Waals surface area contributed by atoms with Crippen LogP contribution in [0.1, 0.15) is 198 Å². The van der Waals surface area contributed by atoms with E-state index in [-0.39, 0.29) is 23.8 Å². The first-order chi connectivity index (χ1) is 23.1. The quantitative estimate of drug-likeness (QED) is 0.132. The predicted octanol–water partition coefficient (Wildman–Crippen LogP) is 15.2. The first kappa shape index (κ1) is 39.0. The average molecular weight is 823 g/mol. The third-order valence-electron chi connectivity index (χ3n) is 16.1. The maximum absolute atomic E-state index is 9.85. The van der Waals surface area contributed by atoms with Gasteiger partial charge in [-0.25, -0.2) is 0 Å². The van der Waals surface area contributed by atoms with Gasteiger partial charge in [-0.15, -0.1) is 0 Å². The Bertz CT molecular complexity index is 952. The zero-order chi connectivity index (χ0) is 32.2. The number of halogens is 2.